The molecule has 22 heavy (non-hydrogen) atoms. The molecule has 1 aromatic heterocycles. The van der Waals surface area contributed by atoms with Gasteiger partial charge in [-0.2, -0.15) is 4.31 Å². The SMILES string of the molecule is Cc1nnc([C@H]2CN(S(=O)(=O)CC3CCCCC3)CCO2)o1. The normalized spacial score (nSPS) is 25.4. The second-order valence-electron chi connectivity index (χ2n) is 6.16. The first-order chi connectivity index (χ1) is 10.5. The van der Waals surface area contributed by atoms with E-state index < -0.39 is 16.1 Å². The Bertz CT molecular complexity index is 595. The van der Waals surface area contributed by atoms with Crippen LogP contribution in [0.5, 0.6) is 0 Å². The van der Waals surface area contributed by atoms with Gasteiger partial charge in [0.15, 0.2) is 0 Å². The maximum absolute atomic E-state index is 12.6. The van der Waals surface area contributed by atoms with E-state index in [0.717, 1.165) is 25.7 Å². The molecule has 1 saturated carbocycles. The molecule has 0 aromatic carbocycles. The fraction of sp³-hybridized carbons (Fsp3) is 0.857. The molecule has 1 atom stereocenters. The van der Waals surface area contributed by atoms with Crippen molar-refractivity contribution in [2.45, 2.75) is 45.1 Å². The first-order valence-electron chi connectivity index (χ1n) is 7.94. The molecule has 0 radical (unpaired) electrons. The van der Waals surface area contributed by atoms with Gasteiger partial charge in [0.05, 0.1) is 12.4 Å². The Morgan fingerprint density at radius 3 is 2.68 bits per heavy atom. The van der Waals surface area contributed by atoms with Gasteiger partial charge >= 0.3 is 0 Å². The van der Waals surface area contributed by atoms with E-state index in [4.69, 9.17) is 9.15 Å². The second-order valence-corrected chi connectivity index (χ2v) is 8.17. The standard InChI is InChI=1S/C14H23N3O4S/c1-11-15-16-14(21-11)13-9-17(7-8-20-13)22(18,19)10-12-5-3-2-4-6-12/h12-13H,2-10H2,1H3/t13-/m1/s1. The molecular weight excluding hydrogens is 306 g/mol. The summed E-state index contributed by atoms with van der Waals surface area (Å²) >= 11 is 0. The average Bonchev–Trinajstić information content (AvgIpc) is 2.95. The van der Waals surface area contributed by atoms with E-state index in [1.807, 2.05) is 0 Å². The minimum absolute atomic E-state index is 0.253. The van der Waals surface area contributed by atoms with Crippen molar-refractivity contribution < 1.29 is 17.6 Å². The summed E-state index contributed by atoms with van der Waals surface area (Å²) < 4.78 is 37.8. The lowest BCUT2D eigenvalue weighted by Gasteiger charge is -2.32. The van der Waals surface area contributed by atoms with Gasteiger partial charge in [-0.05, 0) is 18.8 Å². The van der Waals surface area contributed by atoms with Crippen LogP contribution in [0.4, 0.5) is 0 Å². The number of ether oxygens (including phenoxy) is 1. The zero-order valence-corrected chi connectivity index (χ0v) is 13.7. The quantitative estimate of drug-likeness (QED) is 0.835. The van der Waals surface area contributed by atoms with Gasteiger partial charge in [0.2, 0.25) is 21.8 Å². The number of aromatic nitrogens is 2. The third-order valence-electron chi connectivity index (χ3n) is 4.41. The zero-order chi connectivity index (χ0) is 15.6. The van der Waals surface area contributed by atoms with Crippen molar-refractivity contribution in [1.82, 2.24) is 14.5 Å². The lowest BCUT2D eigenvalue weighted by molar-refractivity contribution is -0.0177. The Morgan fingerprint density at radius 2 is 2.00 bits per heavy atom. The third kappa shape index (κ3) is 3.67. The van der Waals surface area contributed by atoms with E-state index in [2.05, 4.69) is 10.2 Å². The number of nitrogens with zero attached hydrogens (tertiary/aromatic N) is 3. The van der Waals surface area contributed by atoms with E-state index >= 15 is 0 Å². The van der Waals surface area contributed by atoms with Crippen LogP contribution < -0.4 is 0 Å². The Morgan fingerprint density at radius 1 is 1.23 bits per heavy atom. The Hall–Kier alpha value is -0.990. The molecule has 1 aliphatic carbocycles. The minimum Gasteiger partial charge on any atom is -0.423 e. The van der Waals surface area contributed by atoms with Gasteiger partial charge < -0.3 is 9.15 Å². The number of rotatable bonds is 4. The van der Waals surface area contributed by atoms with Gasteiger partial charge in [0.25, 0.3) is 0 Å². The van der Waals surface area contributed by atoms with E-state index in [-0.39, 0.29) is 12.3 Å². The molecule has 3 rings (SSSR count). The summed E-state index contributed by atoms with van der Waals surface area (Å²) in [5.74, 6) is 1.37. The molecule has 1 aromatic rings. The summed E-state index contributed by atoms with van der Waals surface area (Å²) in [5, 5.41) is 7.72. The molecule has 0 spiro atoms. The van der Waals surface area contributed by atoms with Crippen LogP contribution in [0.15, 0.2) is 4.42 Å². The maximum Gasteiger partial charge on any atom is 0.246 e. The van der Waals surface area contributed by atoms with Gasteiger partial charge in [-0.3, -0.25) is 0 Å². The second kappa shape index (κ2) is 6.64. The molecule has 1 aliphatic heterocycles. The molecule has 0 N–H and O–H groups in total. The molecular formula is C14H23N3O4S. The van der Waals surface area contributed by atoms with Crippen molar-refractivity contribution in [3.63, 3.8) is 0 Å². The number of aryl methyl sites for hydroxylation is 1. The van der Waals surface area contributed by atoms with Crippen LogP contribution in [0.3, 0.4) is 0 Å². The first kappa shape index (κ1) is 15.9. The van der Waals surface area contributed by atoms with Gasteiger partial charge in [-0.25, -0.2) is 8.42 Å². The van der Waals surface area contributed by atoms with Gasteiger partial charge in [-0.15, -0.1) is 10.2 Å². The predicted octanol–water partition coefficient (Wildman–Crippen LogP) is 1.66. The number of hydrogen-bond acceptors (Lipinski definition) is 6. The van der Waals surface area contributed by atoms with E-state index in [1.54, 1.807) is 6.92 Å². The lowest BCUT2D eigenvalue weighted by Crippen LogP contribution is -2.44. The Kier molecular flexibility index (Phi) is 4.79. The highest BCUT2D eigenvalue weighted by Crippen LogP contribution is 2.28. The van der Waals surface area contributed by atoms with Crippen LogP contribution >= 0.6 is 0 Å². The van der Waals surface area contributed by atoms with Gasteiger partial charge in [-0.1, -0.05) is 19.3 Å². The summed E-state index contributed by atoms with van der Waals surface area (Å²) in [6.07, 6.45) is 5.11. The first-order valence-corrected chi connectivity index (χ1v) is 9.55. The molecule has 2 fully saturated rings. The highest BCUT2D eigenvalue weighted by Gasteiger charge is 2.34. The summed E-state index contributed by atoms with van der Waals surface area (Å²) in [5.41, 5.74) is 0. The van der Waals surface area contributed by atoms with Gasteiger partial charge in [0.1, 0.15) is 6.10 Å². The number of hydrogen-bond donors (Lipinski definition) is 0. The Labute approximate surface area is 131 Å². The summed E-state index contributed by atoms with van der Waals surface area (Å²) in [4.78, 5) is 0. The molecule has 2 aliphatic rings. The molecule has 1 saturated heterocycles. The fourth-order valence-corrected chi connectivity index (χ4v) is 5.08. The van der Waals surface area contributed by atoms with Crippen LogP contribution in [0, 0.1) is 12.8 Å². The van der Waals surface area contributed by atoms with Crippen molar-refractivity contribution in [1.29, 1.82) is 0 Å². The molecule has 2 heterocycles. The van der Waals surface area contributed by atoms with Crippen molar-refractivity contribution in [3.05, 3.63) is 11.8 Å². The van der Waals surface area contributed by atoms with E-state index in [9.17, 15) is 8.42 Å². The molecule has 8 heteroatoms. The number of morpholine rings is 1. The van der Waals surface area contributed by atoms with Crippen molar-refractivity contribution in [3.8, 4) is 0 Å². The van der Waals surface area contributed by atoms with Crippen molar-refractivity contribution in [2.24, 2.45) is 5.92 Å². The summed E-state index contributed by atoms with van der Waals surface area (Å²) in [6, 6.07) is 0. The highest BCUT2D eigenvalue weighted by atomic mass is 32.2. The zero-order valence-electron chi connectivity index (χ0n) is 12.9. The molecule has 0 unspecified atom stereocenters. The predicted molar refractivity (Wildman–Crippen MR) is 79.7 cm³/mol. The number of sulfonamides is 1. The molecule has 0 amide bonds. The lowest BCUT2D eigenvalue weighted by atomic mass is 9.91. The fourth-order valence-electron chi connectivity index (χ4n) is 3.23. The Balaban J connectivity index is 1.65. The highest BCUT2D eigenvalue weighted by molar-refractivity contribution is 7.89. The van der Waals surface area contributed by atoms with Crippen LogP contribution in [0.25, 0.3) is 0 Å². The van der Waals surface area contributed by atoms with Crippen LogP contribution in [-0.2, 0) is 14.8 Å². The smallest absolute Gasteiger partial charge is 0.246 e. The molecule has 7 nitrogen and oxygen atoms in total. The van der Waals surface area contributed by atoms with Crippen molar-refractivity contribution >= 4 is 10.0 Å². The largest absolute Gasteiger partial charge is 0.423 e. The monoisotopic (exact) mass is 329 g/mol. The van der Waals surface area contributed by atoms with E-state index in [0.29, 0.717) is 30.9 Å². The van der Waals surface area contributed by atoms with Gasteiger partial charge in [0, 0.05) is 20.0 Å². The molecule has 124 valence electrons. The topological polar surface area (TPSA) is 85.5 Å². The van der Waals surface area contributed by atoms with E-state index in [1.165, 1.54) is 10.7 Å². The van der Waals surface area contributed by atoms with Crippen LogP contribution in [0.1, 0.15) is 50.0 Å². The van der Waals surface area contributed by atoms with Crippen molar-refractivity contribution in [2.75, 3.05) is 25.4 Å². The van der Waals surface area contributed by atoms with Crippen LogP contribution in [0.2, 0.25) is 0 Å². The summed E-state index contributed by atoms with van der Waals surface area (Å²) in [7, 11) is -3.25. The summed E-state index contributed by atoms with van der Waals surface area (Å²) in [6.45, 7) is 2.72. The molecule has 0 bridgehead atoms. The third-order valence-corrected chi connectivity index (χ3v) is 6.42. The van der Waals surface area contributed by atoms with Crippen LogP contribution in [-0.4, -0.2) is 48.4 Å². The average molecular weight is 329 g/mol. The minimum atomic E-state index is -3.25. The maximum atomic E-state index is 12.6.